The van der Waals surface area contributed by atoms with Gasteiger partial charge in [-0.1, -0.05) is 11.6 Å². The summed E-state index contributed by atoms with van der Waals surface area (Å²) in [6.07, 6.45) is 0.231. The molecule has 0 rings (SSSR count). The highest BCUT2D eigenvalue weighted by atomic mass is 35.5. The van der Waals surface area contributed by atoms with Gasteiger partial charge in [0.25, 0.3) is 5.91 Å². The average Bonchev–Trinajstić information content (AvgIpc) is 1.87. The molecule has 1 atom stereocenters. The van der Waals surface area contributed by atoms with Gasteiger partial charge in [0.2, 0.25) is 6.41 Å². The van der Waals surface area contributed by atoms with Crippen LogP contribution in [-0.2, 0) is 9.59 Å². The topological polar surface area (TPSA) is 84.2 Å². The summed E-state index contributed by atoms with van der Waals surface area (Å²) in [6, 6.07) is 0. The van der Waals surface area contributed by atoms with Crippen molar-refractivity contribution < 1.29 is 9.59 Å². The molecule has 6 heteroatoms. The van der Waals surface area contributed by atoms with Gasteiger partial charge in [-0.05, 0) is 0 Å². The number of hydrogen-bond acceptors (Lipinski definition) is 4. The Kier molecular flexibility index (Phi) is 3.94. The molecule has 4 N–H and O–H groups in total. The molecule has 0 aliphatic heterocycles. The maximum Gasteiger partial charge on any atom is 0.260 e. The molecule has 0 aromatic heterocycles. The van der Waals surface area contributed by atoms with Crippen LogP contribution >= 0.6 is 11.6 Å². The van der Waals surface area contributed by atoms with E-state index in [1.54, 1.807) is 5.32 Å². The molecule has 2 amide bonds. The van der Waals surface area contributed by atoms with Crippen LogP contribution in [0.1, 0.15) is 0 Å². The van der Waals surface area contributed by atoms with Gasteiger partial charge >= 0.3 is 0 Å². The molecule has 0 aromatic rings. The van der Waals surface area contributed by atoms with E-state index in [4.69, 9.17) is 17.4 Å². The van der Waals surface area contributed by atoms with Crippen LogP contribution in [-0.4, -0.2) is 17.8 Å². The van der Waals surface area contributed by atoms with Crippen molar-refractivity contribution in [2.24, 2.45) is 5.84 Å². The van der Waals surface area contributed by atoms with Crippen molar-refractivity contribution in [3.05, 3.63) is 0 Å². The van der Waals surface area contributed by atoms with Gasteiger partial charge in [0.1, 0.15) is 0 Å². The van der Waals surface area contributed by atoms with E-state index in [0.29, 0.717) is 0 Å². The summed E-state index contributed by atoms with van der Waals surface area (Å²) in [4.78, 5) is 19.9. The van der Waals surface area contributed by atoms with Crippen molar-refractivity contribution in [1.82, 2.24) is 10.7 Å². The molecular weight excluding hydrogens is 146 g/mol. The molecule has 0 saturated carbocycles. The summed E-state index contributed by atoms with van der Waals surface area (Å²) >= 11 is 5.19. The first-order chi connectivity index (χ1) is 4.22. The summed E-state index contributed by atoms with van der Waals surface area (Å²) in [5.41, 5.74) is 0.884. The number of carbonyl (C=O) groups excluding carboxylic acids is 2. The Labute approximate surface area is 56.5 Å². The van der Waals surface area contributed by atoms with Crippen LogP contribution in [0.3, 0.4) is 0 Å². The maximum absolute atomic E-state index is 10.4. The van der Waals surface area contributed by atoms with E-state index < -0.39 is 11.4 Å². The Hall–Kier alpha value is -0.650. The van der Waals surface area contributed by atoms with Gasteiger partial charge in [0, 0.05) is 0 Å². The van der Waals surface area contributed by atoms with Gasteiger partial charge in [0.15, 0.2) is 5.50 Å². The minimum atomic E-state index is -1.06. The summed E-state index contributed by atoms with van der Waals surface area (Å²) < 4.78 is 0. The Morgan fingerprint density at radius 2 is 2.33 bits per heavy atom. The van der Waals surface area contributed by atoms with E-state index >= 15 is 0 Å². The van der Waals surface area contributed by atoms with Gasteiger partial charge in [0.05, 0.1) is 0 Å². The highest BCUT2D eigenvalue weighted by molar-refractivity contribution is 6.30. The quantitative estimate of drug-likeness (QED) is 0.147. The number of imide groups is 1. The van der Waals surface area contributed by atoms with Crippen LogP contribution in [0.4, 0.5) is 0 Å². The molecule has 0 heterocycles. The van der Waals surface area contributed by atoms with Crippen molar-refractivity contribution in [2.45, 2.75) is 5.50 Å². The van der Waals surface area contributed by atoms with Gasteiger partial charge in [-0.15, -0.1) is 0 Å². The van der Waals surface area contributed by atoms with E-state index in [9.17, 15) is 9.59 Å². The normalized spacial score (nSPS) is 12.2. The number of amides is 2. The van der Waals surface area contributed by atoms with E-state index in [2.05, 4.69) is 0 Å². The van der Waals surface area contributed by atoms with Crippen LogP contribution in [0.15, 0.2) is 0 Å². The molecule has 0 radical (unpaired) electrons. The maximum atomic E-state index is 10.4. The lowest BCUT2D eigenvalue weighted by molar-refractivity contribution is -0.125. The Bertz CT molecular complexity index is 118. The minimum Gasteiger partial charge on any atom is -0.297 e. The first-order valence-corrected chi connectivity index (χ1v) is 2.50. The van der Waals surface area contributed by atoms with E-state index in [0.717, 1.165) is 0 Å². The summed E-state index contributed by atoms with van der Waals surface area (Å²) in [5, 5.41) is 1.80. The molecule has 9 heavy (non-hydrogen) atoms. The van der Waals surface area contributed by atoms with Crippen molar-refractivity contribution in [3.63, 3.8) is 0 Å². The third kappa shape index (κ3) is 3.02. The van der Waals surface area contributed by atoms with Gasteiger partial charge in [-0.25, -0.2) is 5.43 Å². The molecule has 0 spiro atoms. The fourth-order valence-electron chi connectivity index (χ4n) is 0.207. The number of hydrogen-bond donors (Lipinski definition) is 3. The smallest absolute Gasteiger partial charge is 0.260 e. The molecule has 0 aromatic carbocycles. The molecule has 0 aliphatic carbocycles. The second-order valence-electron chi connectivity index (χ2n) is 1.16. The van der Waals surface area contributed by atoms with Crippen LogP contribution in [0.2, 0.25) is 0 Å². The zero-order chi connectivity index (χ0) is 7.28. The molecule has 5 nitrogen and oxygen atoms in total. The predicted octanol–water partition coefficient (Wildman–Crippen LogP) is -1.71. The lowest BCUT2D eigenvalue weighted by Gasteiger charge is -2.02. The van der Waals surface area contributed by atoms with Crippen molar-refractivity contribution >= 4 is 23.9 Å². The van der Waals surface area contributed by atoms with Gasteiger partial charge in [-0.2, -0.15) is 0 Å². The summed E-state index contributed by atoms with van der Waals surface area (Å²) in [7, 11) is 0. The number of nitrogens with one attached hydrogen (secondary N) is 2. The van der Waals surface area contributed by atoms with Crippen molar-refractivity contribution in [3.8, 4) is 0 Å². The molecule has 1 unspecified atom stereocenters. The molecule has 0 fully saturated rings. The van der Waals surface area contributed by atoms with Crippen LogP contribution in [0.25, 0.3) is 0 Å². The molecule has 0 aliphatic rings. The summed E-state index contributed by atoms with van der Waals surface area (Å²) in [6.45, 7) is 0. The Morgan fingerprint density at radius 3 is 2.67 bits per heavy atom. The first kappa shape index (κ1) is 8.35. The Morgan fingerprint density at radius 1 is 1.78 bits per heavy atom. The van der Waals surface area contributed by atoms with Gasteiger partial charge in [-0.3, -0.25) is 20.7 Å². The zero-order valence-electron chi connectivity index (χ0n) is 4.43. The highest BCUT2D eigenvalue weighted by Crippen LogP contribution is 1.85. The summed E-state index contributed by atoms with van der Waals surface area (Å²) in [5.74, 6) is 4.07. The second kappa shape index (κ2) is 4.25. The SMILES string of the molecule is NNC(Cl)C(=O)NC=O. The standard InChI is InChI=1S/C3H6ClN3O2/c4-2(7-5)3(9)6-1-8/h1-2,7H,5H2,(H,6,8,9). The molecular formula is C3H6ClN3O2. The van der Waals surface area contributed by atoms with Gasteiger partial charge < -0.3 is 0 Å². The average molecular weight is 152 g/mol. The lowest BCUT2D eigenvalue weighted by Crippen LogP contribution is -2.43. The number of hydrazine groups is 1. The number of nitrogens with two attached hydrogens (primary N) is 1. The molecule has 52 valence electrons. The lowest BCUT2D eigenvalue weighted by atomic mass is 10.6. The minimum absolute atomic E-state index is 0.231. The zero-order valence-corrected chi connectivity index (χ0v) is 5.18. The van der Waals surface area contributed by atoms with E-state index in [-0.39, 0.29) is 6.41 Å². The van der Waals surface area contributed by atoms with E-state index in [1.807, 2.05) is 5.43 Å². The Balaban J connectivity index is 3.58. The fourth-order valence-corrected chi connectivity index (χ4v) is 0.270. The van der Waals surface area contributed by atoms with Crippen LogP contribution < -0.4 is 16.6 Å². The van der Waals surface area contributed by atoms with Crippen LogP contribution in [0.5, 0.6) is 0 Å². The van der Waals surface area contributed by atoms with Crippen molar-refractivity contribution in [2.75, 3.05) is 0 Å². The largest absolute Gasteiger partial charge is 0.297 e. The second-order valence-corrected chi connectivity index (χ2v) is 1.59. The number of alkyl halides is 1. The number of halogens is 1. The first-order valence-electron chi connectivity index (χ1n) is 2.06. The monoisotopic (exact) mass is 151 g/mol. The van der Waals surface area contributed by atoms with Crippen molar-refractivity contribution in [1.29, 1.82) is 0 Å². The fraction of sp³-hybridized carbons (Fsp3) is 0.333. The molecule has 0 saturated heterocycles. The van der Waals surface area contributed by atoms with Crippen LogP contribution in [0, 0.1) is 0 Å². The molecule has 0 bridgehead atoms. The highest BCUT2D eigenvalue weighted by Gasteiger charge is 2.10. The number of carbonyl (C=O) groups is 2. The third-order valence-electron chi connectivity index (χ3n) is 0.578. The predicted molar refractivity (Wildman–Crippen MR) is 31.2 cm³/mol. The third-order valence-corrected chi connectivity index (χ3v) is 0.902. The number of rotatable bonds is 3. The van der Waals surface area contributed by atoms with E-state index in [1.165, 1.54) is 0 Å².